The number of hydrogen-bond donors (Lipinski definition) is 0. The van der Waals surface area contributed by atoms with E-state index in [4.69, 9.17) is 0 Å². The van der Waals surface area contributed by atoms with Gasteiger partial charge in [0.15, 0.2) is 17.5 Å². The van der Waals surface area contributed by atoms with Gasteiger partial charge in [0.05, 0.1) is 13.5 Å². The second kappa shape index (κ2) is 5.34. The van der Waals surface area contributed by atoms with Crippen LogP contribution in [0, 0.1) is 17.5 Å². The van der Waals surface area contributed by atoms with Crippen LogP contribution in [0.3, 0.4) is 0 Å². The van der Waals surface area contributed by atoms with Gasteiger partial charge in [-0.05, 0) is 12.1 Å². The Kier molecular flexibility index (Phi) is 4.10. The Labute approximate surface area is 90.3 Å². The molecule has 0 radical (unpaired) electrons. The molecule has 5 heteroatoms. The van der Waals surface area contributed by atoms with Crippen molar-refractivity contribution in [3.05, 3.63) is 41.2 Å². The fraction of sp³-hybridized carbons (Fsp3) is 0.182. The summed E-state index contributed by atoms with van der Waals surface area (Å²) in [7, 11) is 1.22. The van der Waals surface area contributed by atoms with Crippen LogP contribution in [0.25, 0.3) is 6.08 Å². The van der Waals surface area contributed by atoms with Crippen molar-refractivity contribution < 1.29 is 22.7 Å². The number of rotatable bonds is 3. The zero-order chi connectivity index (χ0) is 12.1. The quantitative estimate of drug-likeness (QED) is 0.589. The largest absolute Gasteiger partial charge is 0.469 e. The van der Waals surface area contributed by atoms with E-state index < -0.39 is 23.4 Å². The second-order valence-electron chi connectivity index (χ2n) is 2.95. The van der Waals surface area contributed by atoms with E-state index in [2.05, 4.69) is 4.74 Å². The van der Waals surface area contributed by atoms with Crippen LogP contribution in [-0.4, -0.2) is 13.1 Å². The lowest BCUT2D eigenvalue weighted by molar-refractivity contribution is -0.139. The number of carbonyl (C=O) groups is 1. The summed E-state index contributed by atoms with van der Waals surface area (Å²) in [5, 5.41) is 0. The minimum Gasteiger partial charge on any atom is -0.469 e. The highest BCUT2D eigenvalue weighted by molar-refractivity contribution is 5.72. The summed E-state index contributed by atoms with van der Waals surface area (Å²) in [5.74, 6) is -4.55. The summed E-state index contributed by atoms with van der Waals surface area (Å²) in [4.78, 5) is 10.7. The van der Waals surface area contributed by atoms with Gasteiger partial charge in [0, 0.05) is 5.56 Å². The van der Waals surface area contributed by atoms with Gasteiger partial charge in [-0.2, -0.15) is 0 Å². The van der Waals surface area contributed by atoms with Crippen molar-refractivity contribution in [2.24, 2.45) is 0 Å². The van der Waals surface area contributed by atoms with Crippen molar-refractivity contribution in [3.63, 3.8) is 0 Å². The summed E-state index contributed by atoms with van der Waals surface area (Å²) in [6.07, 6.45) is 2.44. The first-order chi connectivity index (χ1) is 7.56. The van der Waals surface area contributed by atoms with Crippen LogP contribution >= 0.6 is 0 Å². The molecule has 0 N–H and O–H groups in total. The van der Waals surface area contributed by atoms with Crippen molar-refractivity contribution in [1.29, 1.82) is 0 Å². The third-order valence-electron chi connectivity index (χ3n) is 1.87. The maximum Gasteiger partial charge on any atom is 0.309 e. The van der Waals surface area contributed by atoms with Gasteiger partial charge in [-0.15, -0.1) is 0 Å². The maximum absolute atomic E-state index is 13.1. The van der Waals surface area contributed by atoms with Crippen molar-refractivity contribution in [3.8, 4) is 0 Å². The predicted octanol–water partition coefficient (Wildman–Crippen LogP) is 2.68. The number of methoxy groups -OCH3 is 1. The molecule has 16 heavy (non-hydrogen) atoms. The smallest absolute Gasteiger partial charge is 0.309 e. The minimum atomic E-state index is -1.53. The molecule has 0 bridgehead atoms. The van der Waals surface area contributed by atoms with Crippen LogP contribution in [0.4, 0.5) is 13.2 Å². The second-order valence-corrected chi connectivity index (χ2v) is 2.95. The molecule has 0 heterocycles. The van der Waals surface area contributed by atoms with Gasteiger partial charge in [-0.3, -0.25) is 4.79 Å². The van der Waals surface area contributed by atoms with Gasteiger partial charge in [0.1, 0.15) is 0 Å². The molecule has 0 spiro atoms. The molecule has 0 aliphatic heterocycles. The molecule has 2 nitrogen and oxygen atoms in total. The highest BCUT2D eigenvalue weighted by Gasteiger charge is 2.11. The Balaban J connectivity index is 2.82. The van der Waals surface area contributed by atoms with Crippen LogP contribution in [0.5, 0.6) is 0 Å². The summed E-state index contributed by atoms with van der Waals surface area (Å²) in [5.41, 5.74) is -0.122. The first-order valence-corrected chi connectivity index (χ1v) is 4.43. The van der Waals surface area contributed by atoms with Crippen molar-refractivity contribution in [2.45, 2.75) is 6.42 Å². The van der Waals surface area contributed by atoms with E-state index >= 15 is 0 Å². The summed E-state index contributed by atoms with van der Waals surface area (Å²) in [6.45, 7) is 0. The van der Waals surface area contributed by atoms with Gasteiger partial charge in [-0.1, -0.05) is 12.2 Å². The highest BCUT2D eigenvalue weighted by atomic mass is 19.2. The molecule has 1 aromatic carbocycles. The molecule has 1 aromatic rings. The Hall–Kier alpha value is -1.78. The lowest BCUT2D eigenvalue weighted by Gasteiger charge is -1.99. The van der Waals surface area contributed by atoms with E-state index in [-0.39, 0.29) is 12.0 Å². The van der Waals surface area contributed by atoms with Crippen LogP contribution < -0.4 is 0 Å². The molecule has 0 saturated heterocycles. The zero-order valence-electron chi connectivity index (χ0n) is 8.47. The summed E-state index contributed by atoms with van der Waals surface area (Å²) < 4.78 is 42.7. The maximum atomic E-state index is 13.1. The standard InChI is InChI=1S/C11H9F3O2/c1-16-9(15)4-2-3-7-5-6-8(12)11(14)10(7)13/h2-3,5-6H,4H2,1H3. The van der Waals surface area contributed by atoms with Crippen molar-refractivity contribution >= 4 is 12.0 Å². The number of halogens is 3. The summed E-state index contributed by atoms with van der Waals surface area (Å²) >= 11 is 0. The van der Waals surface area contributed by atoms with Crippen LogP contribution in [0.1, 0.15) is 12.0 Å². The third-order valence-corrected chi connectivity index (χ3v) is 1.87. The lowest BCUT2D eigenvalue weighted by atomic mass is 10.1. The molecule has 0 unspecified atom stereocenters. The Bertz CT molecular complexity index is 427. The van der Waals surface area contributed by atoms with Gasteiger partial charge >= 0.3 is 5.97 Å². The van der Waals surface area contributed by atoms with Gasteiger partial charge < -0.3 is 4.74 Å². The highest BCUT2D eigenvalue weighted by Crippen LogP contribution is 2.16. The van der Waals surface area contributed by atoms with E-state index in [9.17, 15) is 18.0 Å². The monoisotopic (exact) mass is 230 g/mol. The molecule has 0 aliphatic rings. The van der Waals surface area contributed by atoms with E-state index in [0.29, 0.717) is 0 Å². The van der Waals surface area contributed by atoms with Gasteiger partial charge in [-0.25, -0.2) is 13.2 Å². The van der Waals surface area contributed by atoms with Crippen LogP contribution in [0.15, 0.2) is 18.2 Å². The number of esters is 1. The van der Waals surface area contributed by atoms with Crippen LogP contribution in [-0.2, 0) is 9.53 Å². The topological polar surface area (TPSA) is 26.3 Å². The predicted molar refractivity (Wildman–Crippen MR) is 52.0 cm³/mol. The molecule has 0 aromatic heterocycles. The van der Waals surface area contributed by atoms with Crippen LogP contribution in [0.2, 0.25) is 0 Å². The average Bonchev–Trinajstić information content (AvgIpc) is 2.29. The average molecular weight is 230 g/mol. The molecule has 86 valence electrons. The zero-order valence-corrected chi connectivity index (χ0v) is 8.47. The van der Waals surface area contributed by atoms with Gasteiger partial charge in [0.2, 0.25) is 0 Å². The fourth-order valence-corrected chi connectivity index (χ4v) is 1.04. The van der Waals surface area contributed by atoms with Crippen molar-refractivity contribution in [1.82, 2.24) is 0 Å². The number of benzene rings is 1. The molecule has 0 amide bonds. The van der Waals surface area contributed by atoms with Crippen molar-refractivity contribution in [2.75, 3.05) is 7.11 Å². The first kappa shape index (κ1) is 12.3. The lowest BCUT2D eigenvalue weighted by Crippen LogP contribution is -1.97. The van der Waals surface area contributed by atoms with E-state index in [1.807, 2.05) is 0 Å². The molecule has 0 saturated carbocycles. The normalized spacial score (nSPS) is 10.8. The Morgan fingerprint density at radius 2 is 2.00 bits per heavy atom. The van der Waals surface area contributed by atoms with E-state index in [1.165, 1.54) is 19.3 Å². The molecule has 1 rings (SSSR count). The molecule has 0 aliphatic carbocycles. The molecular formula is C11H9F3O2. The van der Waals surface area contributed by atoms with E-state index in [1.54, 1.807) is 0 Å². The third kappa shape index (κ3) is 2.85. The van der Waals surface area contributed by atoms with Gasteiger partial charge in [0.25, 0.3) is 0 Å². The number of carbonyl (C=O) groups excluding carboxylic acids is 1. The first-order valence-electron chi connectivity index (χ1n) is 4.43. The van der Waals surface area contributed by atoms with E-state index in [0.717, 1.165) is 12.1 Å². The number of ether oxygens (including phenoxy) is 1. The molecule has 0 atom stereocenters. The molecular weight excluding hydrogens is 221 g/mol. The Morgan fingerprint density at radius 1 is 1.31 bits per heavy atom. The Morgan fingerprint density at radius 3 is 2.62 bits per heavy atom. The fourth-order valence-electron chi connectivity index (χ4n) is 1.04. The minimum absolute atomic E-state index is 0.0606. The SMILES string of the molecule is COC(=O)CC=Cc1ccc(F)c(F)c1F. The number of hydrogen-bond acceptors (Lipinski definition) is 2. The summed E-state index contributed by atoms with van der Waals surface area (Å²) in [6, 6.07) is 1.90. The molecule has 0 fully saturated rings.